The molecule has 27 heavy (non-hydrogen) atoms. The monoisotopic (exact) mass is 384 g/mol. The van der Waals surface area contributed by atoms with Gasteiger partial charge in [0.1, 0.15) is 11.5 Å². The molecule has 0 spiro atoms. The third-order valence-electron chi connectivity index (χ3n) is 4.88. The molecule has 0 bridgehead atoms. The zero-order chi connectivity index (χ0) is 19.6. The minimum absolute atomic E-state index is 0.309. The fourth-order valence-corrected chi connectivity index (χ4v) is 4.55. The van der Waals surface area contributed by atoms with Crippen LogP contribution in [0.4, 0.5) is 5.00 Å². The molecule has 2 N–H and O–H groups in total. The quantitative estimate of drug-likeness (QED) is 0.790. The van der Waals surface area contributed by atoms with Crippen LogP contribution in [0.15, 0.2) is 24.3 Å². The lowest BCUT2D eigenvalue weighted by atomic mass is 10.0. The summed E-state index contributed by atoms with van der Waals surface area (Å²) >= 11 is 1.45. The van der Waals surface area contributed by atoms with Gasteiger partial charge >= 0.3 is 5.97 Å². The maximum Gasteiger partial charge on any atom is 0.341 e. The van der Waals surface area contributed by atoms with Crippen molar-refractivity contribution >= 4 is 28.2 Å². The van der Waals surface area contributed by atoms with Crippen molar-refractivity contribution < 1.29 is 19.2 Å². The van der Waals surface area contributed by atoms with Crippen LogP contribution in [-0.4, -0.2) is 31.6 Å². The van der Waals surface area contributed by atoms with Gasteiger partial charge in [0.2, 0.25) is 0 Å². The molecule has 0 radical (unpaired) electrons. The number of thiophene rings is 1. The summed E-state index contributed by atoms with van der Waals surface area (Å²) in [7, 11) is 1.35. The number of ether oxygens (including phenoxy) is 1. The zero-order valence-electron chi connectivity index (χ0n) is 15.6. The van der Waals surface area contributed by atoms with Crippen molar-refractivity contribution in [3.8, 4) is 6.07 Å². The highest BCUT2D eigenvalue weighted by Crippen LogP contribution is 2.35. The summed E-state index contributed by atoms with van der Waals surface area (Å²) in [6.07, 6.45) is 0.788. The Morgan fingerprint density at radius 1 is 1.30 bits per heavy atom. The molecule has 2 heterocycles. The summed E-state index contributed by atoms with van der Waals surface area (Å²) in [5.74, 6) is -0.730. The highest BCUT2D eigenvalue weighted by molar-refractivity contribution is 7.17. The van der Waals surface area contributed by atoms with Crippen LogP contribution in [0.5, 0.6) is 0 Å². The smallest absolute Gasteiger partial charge is 0.341 e. The first-order chi connectivity index (χ1) is 12.9. The molecular formula is C20H22N3O3S+. The third-order valence-corrected chi connectivity index (χ3v) is 6.03. The van der Waals surface area contributed by atoms with E-state index in [1.807, 2.05) is 6.07 Å². The van der Waals surface area contributed by atoms with Crippen LogP contribution in [0.25, 0.3) is 0 Å². The van der Waals surface area contributed by atoms with Gasteiger partial charge in [0.25, 0.3) is 5.91 Å². The number of benzene rings is 1. The van der Waals surface area contributed by atoms with Crippen molar-refractivity contribution in [2.24, 2.45) is 0 Å². The standard InChI is InChI=1S/C20H21N3O3S/c1-12(2)23-9-8-15-16(11-23)27-19(17(15)20(25)26-3)22-18(24)14-6-4-13(10-21)5-7-14/h4-7,12H,8-9,11H2,1-3H3,(H,22,24)/p+1. The highest BCUT2D eigenvalue weighted by Gasteiger charge is 2.32. The molecule has 7 heteroatoms. The number of amides is 1. The number of anilines is 1. The molecule has 1 aromatic heterocycles. The van der Waals surface area contributed by atoms with Crippen LogP contribution in [0.1, 0.15) is 50.6 Å². The van der Waals surface area contributed by atoms with Gasteiger partial charge in [-0.3, -0.25) is 4.79 Å². The summed E-state index contributed by atoms with van der Waals surface area (Å²) in [6.45, 7) is 6.16. The summed E-state index contributed by atoms with van der Waals surface area (Å²) < 4.78 is 4.97. The Hall–Kier alpha value is -2.69. The molecule has 140 valence electrons. The molecule has 0 fully saturated rings. The Kier molecular flexibility index (Phi) is 5.59. The maximum atomic E-state index is 12.6. The Labute approximate surface area is 162 Å². The summed E-state index contributed by atoms with van der Waals surface area (Å²) in [5.41, 5.74) is 2.39. The number of esters is 1. The van der Waals surface area contributed by atoms with Crippen LogP contribution >= 0.6 is 11.3 Å². The number of methoxy groups -OCH3 is 1. The third kappa shape index (κ3) is 3.87. The maximum absolute atomic E-state index is 12.6. The number of quaternary nitrogens is 1. The van der Waals surface area contributed by atoms with Gasteiger partial charge in [0.05, 0.1) is 41.8 Å². The molecule has 1 aromatic carbocycles. The summed E-state index contributed by atoms with van der Waals surface area (Å²) in [5, 5.41) is 12.3. The fourth-order valence-electron chi connectivity index (χ4n) is 3.27. The summed E-state index contributed by atoms with van der Waals surface area (Å²) in [4.78, 5) is 27.6. The Morgan fingerprint density at radius 3 is 2.59 bits per heavy atom. The van der Waals surface area contributed by atoms with Crippen molar-refractivity contribution in [3.63, 3.8) is 0 Å². The molecule has 1 aliphatic heterocycles. The second kappa shape index (κ2) is 7.91. The van der Waals surface area contributed by atoms with Crippen molar-refractivity contribution in [1.29, 1.82) is 5.26 Å². The van der Waals surface area contributed by atoms with Crippen LogP contribution in [0.2, 0.25) is 0 Å². The molecule has 0 saturated carbocycles. The number of nitriles is 1. The van der Waals surface area contributed by atoms with Crippen molar-refractivity contribution in [1.82, 2.24) is 0 Å². The van der Waals surface area contributed by atoms with Gasteiger partial charge in [-0.25, -0.2) is 4.79 Å². The van der Waals surface area contributed by atoms with Gasteiger partial charge in [0.15, 0.2) is 0 Å². The highest BCUT2D eigenvalue weighted by atomic mass is 32.1. The lowest BCUT2D eigenvalue weighted by Crippen LogP contribution is -3.14. The van der Waals surface area contributed by atoms with Crippen LogP contribution in [-0.2, 0) is 17.7 Å². The van der Waals surface area contributed by atoms with E-state index in [4.69, 9.17) is 10.00 Å². The average Bonchev–Trinajstić information content (AvgIpc) is 3.04. The van der Waals surface area contributed by atoms with Gasteiger partial charge in [-0.2, -0.15) is 5.26 Å². The molecule has 1 atom stereocenters. The van der Waals surface area contributed by atoms with E-state index < -0.39 is 5.97 Å². The molecular weight excluding hydrogens is 362 g/mol. The van der Waals surface area contributed by atoms with E-state index in [-0.39, 0.29) is 5.91 Å². The first-order valence-electron chi connectivity index (χ1n) is 8.83. The molecule has 6 nitrogen and oxygen atoms in total. The number of rotatable bonds is 4. The van der Waals surface area contributed by atoms with E-state index in [1.54, 1.807) is 24.3 Å². The van der Waals surface area contributed by atoms with E-state index >= 15 is 0 Å². The Morgan fingerprint density at radius 2 is 2.00 bits per heavy atom. The predicted octanol–water partition coefficient (Wildman–Crippen LogP) is 2.01. The largest absolute Gasteiger partial charge is 0.465 e. The predicted molar refractivity (Wildman–Crippen MR) is 103 cm³/mol. The minimum Gasteiger partial charge on any atom is -0.465 e. The lowest BCUT2D eigenvalue weighted by Gasteiger charge is -2.27. The zero-order valence-corrected chi connectivity index (χ0v) is 16.4. The number of carbonyl (C=O) groups excluding carboxylic acids is 2. The van der Waals surface area contributed by atoms with Crippen LogP contribution < -0.4 is 10.2 Å². The minimum atomic E-state index is -0.421. The second-order valence-electron chi connectivity index (χ2n) is 6.83. The van der Waals surface area contributed by atoms with Crippen molar-refractivity contribution in [2.45, 2.75) is 32.9 Å². The summed E-state index contributed by atoms with van der Waals surface area (Å²) in [6, 6.07) is 8.92. The van der Waals surface area contributed by atoms with E-state index in [9.17, 15) is 9.59 Å². The molecule has 0 aliphatic carbocycles. The molecule has 1 amide bonds. The first kappa shape index (κ1) is 19.1. The number of fused-ring (bicyclic) bond motifs is 1. The van der Waals surface area contributed by atoms with Crippen LogP contribution in [0.3, 0.4) is 0 Å². The fraction of sp³-hybridized carbons (Fsp3) is 0.350. The van der Waals surface area contributed by atoms with E-state index in [2.05, 4.69) is 19.2 Å². The van der Waals surface area contributed by atoms with Gasteiger partial charge in [-0.15, -0.1) is 11.3 Å². The Balaban J connectivity index is 1.91. The molecule has 1 unspecified atom stereocenters. The van der Waals surface area contributed by atoms with E-state index in [0.717, 1.165) is 30.0 Å². The normalized spacial score (nSPS) is 15.7. The molecule has 2 aromatic rings. The van der Waals surface area contributed by atoms with Gasteiger partial charge in [-0.1, -0.05) is 0 Å². The van der Waals surface area contributed by atoms with Gasteiger partial charge in [0, 0.05) is 12.0 Å². The Bertz CT molecular complexity index is 910. The number of hydrogen-bond acceptors (Lipinski definition) is 5. The van der Waals surface area contributed by atoms with E-state index in [0.29, 0.717) is 27.7 Å². The topological polar surface area (TPSA) is 83.6 Å². The number of carbonyl (C=O) groups is 2. The second-order valence-corrected chi connectivity index (χ2v) is 7.94. The molecule has 3 rings (SSSR count). The van der Waals surface area contributed by atoms with Gasteiger partial charge < -0.3 is 15.0 Å². The van der Waals surface area contributed by atoms with Crippen LogP contribution in [0, 0.1) is 11.3 Å². The van der Waals surface area contributed by atoms with Crippen molar-refractivity contribution in [2.75, 3.05) is 19.0 Å². The lowest BCUT2D eigenvalue weighted by molar-refractivity contribution is -0.936. The van der Waals surface area contributed by atoms with E-state index in [1.165, 1.54) is 23.3 Å². The van der Waals surface area contributed by atoms with Gasteiger partial charge in [-0.05, 0) is 43.7 Å². The van der Waals surface area contributed by atoms with Crippen molar-refractivity contribution in [3.05, 3.63) is 51.4 Å². The molecule has 1 aliphatic rings. The first-order valence-corrected chi connectivity index (χ1v) is 9.65. The SMILES string of the molecule is COC(=O)c1c(NC(=O)c2ccc(C#N)cc2)sc2c1CC[NH+](C(C)C)C2. The number of nitrogens with one attached hydrogen (secondary N) is 2. The average molecular weight is 384 g/mol. The number of hydrogen-bond donors (Lipinski definition) is 2. The number of nitrogens with zero attached hydrogens (tertiary/aromatic N) is 1. The molecule has 0 saturated heterocycles.